The van der Waals surface area contributed by atoms with Gasteiger partial charge in [-0.3, -0.25) is 14.4 Å². The van der Waals surface area contributed by atoms with Crippen molar-refractivity contribution in [2.45, 2.75) is 58.1 Å². The molecule has 1 aliphatic rings. The molecule has 2 amide bonds. The van der Waals surface area contributed by atoms with Gasteiger partial charge in [0.1, 0.15) is 5.60 Å². The summed E-state index contributed by atoms with van der Waals surface area (Å²) in [6.07, 6.45) is 1.29. The third-order valence-electron chi connectivity index (χ3n) is 2.97. The van der Waals surface area contributed by atoms with Crippen molar-refractivity contribution in [3.05, 3.63) is 0 Å². The first-order valence-corrected chi connectivity index (χ1v) is 6.92. The first kappa shape index (κ1) is 16.5. The van der Waals surface area contributed by atoms with Gasteiger partial charge >= 0.3 is 5.97 Å². The Morgan fingerprint density at radius 2 is 2.00 bits per heavy atom. The minimum Gasteiger partial charge on any atom is -0.460 e. The number of carbonyl (C=O) groups excluding carboxylic acids is 3. The summed E-state index contributed by atoms with van der Waals surface area (Å²) < 4.78 is 5.14. The Morgan fingerprint density at radius 3 is 2.55 bits per heavy atom. The van der Waals surface area contributed by atoms with Crippen molar-refractivity contribution in [3.8, 4) is 0 Å². The Hall–Kier alpha value is -1.59. The highest BCUT2D eigenvalue weighted by Crippen LogP contribution is 2.11. The van der Waals surface area contributed by atoms with Crippen LogP contribution in [0.5, 0.6) is 0 Å². The molecule has 6 nitrogen and oxygen atoms in total. The Kier molecular flexibility index (Phi) is 5.53. The molecule has 20 heavy (non-hydrogen) atoms. The monoisotopic (exact) mass is 284 g/mol. The van der Waals surface area contributed by atoms with E-state index in [1.54, 1.807) is 32.7 Å². The van der Waals surface area contributed by atoms with Gasteiger partial charge in [0.05, 0.1) is 6.42 Å². The van der Waals surface area contributed by atoms with Crippen LogP contribution >= 0.6 is 0 Å². The van der Waals surface area contributed by atoms with Crippen molar-refractivity contribution < 1.29 is 19.1 Å². The maximum atomic E-state index is 11.7. The molecule has 1 heterocycles. The second kappa shape index (κ2) is 6.72. The van der Waals surface area contributed by atoms with Crippen LogP contribution in [0.15, 0.2) is 0 Å². The molecule has 0 radical (unpaired) electrons. The number of rotatable bonds is 4. The van der Waals surface area contributed by atoms with E-state index < -0.39 is 5.60 Å². The fraction of sp³-hybridized carbons (Fsp3) is 0.786. The standard InChI is InChI=1S/C14H24N2O4/c1-14(2,3)20-13(19)8-6-11(17)15-10-5-7-12(18)16(4)9-10/h10H,5-9H2,1-4H3,(H,15,17). The van der Waals surface area contributed by atoms with E-state index in [4.69, 9.17) is 4.74 Å². The zero-order chi connectivity index (χ0) is 15.3. The second-order valence-electron chi connectivity index (χ2n) is 6.16. The molecule has 114 valence electrons. The number of esters is 1. The highest BCUT2D eigenvalue weighted by Gasteiger charge is 2.24. The zero-order valence-electron chi connectivity index (χ0n) is 12.7. The second-order valence-corrected chi connectivity index (χ2v) is 6.16. The predicted octanol–water partition coefficient (Wildman–Crippen LogP) is 0.845. The van der Waals surface area contributed by atoms with Crippen LogP contribution in [0.4, 0.5) is 0 Å². The predicted molar refractivity (Wildman–Crippen MR) is 73.9 cm³/mol. The minimum atomic E-state index is -0.528. The topological polar surface area (TPSA) is 75.7 Å². The number of piperidine rings is 1. The fourth-order valence-electron chi connectivity index (χ4n) is 2.04. The fourth-order valence-corrected chi connectivity index (χ4v) is 2.04. The molecule has 0 aromatic rings. The van der Waals surface area contributed by atoms with Crippen molar-refractivity contribution in [2.24, 2.45) is 0 Å². The minimum absolute atomic E-state index is 0.0242. The summed E-state index contributed by atoms with van der Waals surface area (Å²) >= 11 is 0. The molecular formula is C14H24N2O4. The smallest absolute Gasteiger partial charge is 0.306 e. The molecular weight excluding hydrogens is 260 g/mol. The summed E-state index contributed by atoms with van der Waals surface area (Å²) in [6.45, 7) is 5.90. The van der Waals surface area contributed by atoms with Crippen LogP contribution in [0.1, 0.15) is 46.5 Å². The number of nitrogens with zero attached hydrogens (tertiary/aromatic N) is 1. The van der Waals surface area contributed by atoms with E-state index in [0.29, 0.717) is 19.4 Å². The van der Waals surface area contributed by atoms with Crippen LogP contribution in [0.25, 0.3) is 0 Å². The normalized spacial score (nSPS) is 19.7. The number of hydrogen-bond acceptors (Lipinski definition) is 4. The van der Waals surface area contributed by atoms with Crippen LogP contribution in [0, 0.1) is 0 Å². The number of ether oxygens (including phenoxy) is 1. The molecule has 1 rings (SSSR count). The van der Waals surface area contributed by atoms with E-state index in [-0.39, 0.29) is 36.7 Å². The molecule has 1 N–H and O–H groups in total. The molecule has 0 bridgehead atoms. The molecule has 1 atom stereocenters. The highest BCUT2D eigenvalue weighted by atomic mass is 16.6. The lowest BCUT2D eigenvalue weighted by molar-refractivity contribution is -0.155. The van der Waals surface area contributed by atoms with E-state index in [1.807, 2.05) is 0 Å². The van der Waals surface area contributed by atoms with Crippen LogP contribution in [0.3, 0.4) is 0 Å². The maximum Gasteiger partial charge on any atom is 0.306 e. The van der Waals surface area contributed by atoms with Gasteiger partial charge < -0.3 is 15.0 Å². The third-order valence-corrected chi connectivity index (χ3v) is 2.97. The van der Waals surface area contributed by atoms with Crippen LogP contribution < -0.4 is 5.32 Å². The summed E-state index contributed by atoms with van der Waals surface area (Å²) in [4.78, 5) is 36.2. The van der Waals surface area contributed by atoms with Gasteiger partial charge in [0.15, 0.2) is 0 Å². The number of likely N-dealkylation sites (tertiary alicyclic amines) is 1. The van der Waals surface area contributed by atoms with E-state index in [9.17, 15) is 14.4 Å². The van der Waals surface area contributed by atoms with Crippen molar-refractivity contribution in [1.82, 2.24) is 10.2 Å². The number of carbonyl (C=O) groups is 3. The van der Waals surface area contributed by atoms with Gasteiger partial charge in [-0.05, 0) is 27.2 Å². The zero-order valence-corrected chi connectivity index (χ0v) is 12.7. The number of nitrogens with one attached hydrogen (secondary N) is 1. The quantitative estimate of drug-likeness (QED) is 0.776. The Bertz CT molecular complexity index is 387. The van der Waals surface area contributed by atoms with E-state index in [2.05, 4.69) is 5.32 Å². The van der Waals surface area contributed by atoms with Crippen molar-refractivity contribution in [3.63, 3.8) is 0 Å². The van der Waals surface area contributed by atoms with Crippen LogP contribution in [0.2, 0.25) is 0 Å². The Labute approximate surface area is 119 Å². The summed E-state index contributed by atoms with van der Waals surface area (Å²) in [5.74, 6) is -0.448. The highest BCUT2D eigenvalue weighted by molar-refractivity contribution is 5.82. The number of amides is 2. The van der Waals surface area contributed by atoms with Gasteiger partial charge in [-0.25, -0.2) is 0 Å². The molecule has 1 fully saturated rings. The Morgan fingerprint density at radius 1 is 1.35 bits per heavy atom. The van der Waals surface area contributed by atoms with Gasteiger partial charge in [0, 0.05) is 32.5 Å². The van der Waals surface area contributed by atoms with Gasteiger partial charge in [-0.2, -0.15) is 0 Å². The van der Waals surface area contributed by atoms with Gasteiger partial charge in [-0.15, -0.1) is 0 Å². The van der Waals surface area contributed by atoms with Crippen molar-refractivity contribution in [1.29, 1.82) is 0 Å². The Balaban J connectivity index is 2.27. The van der Waals surface area contributed by atoms with Gasteiger partial charge in [0.2, 0.25) is 11.8 Å². The lowest BCUT2D eigenvalue weighted by atomic mass is 10.1. The third kappa shape index (κ3) is 6.04. The first-order chi connectivity index (χ1) is 9.17. The summed E-state index contributed by atoms with van der Waals surface area (Å²) in [6, 6.07) is -0.0242. The number of hydrogen-bond donors (Lipinski definition) is 1. The average Bonchev–Trinajstić information content (AvgIpc) is 2.29. The summed E-state index contributed by atoms with van der Waals surface area (Å²) in [5.41, 5.74) is -0.528. The summed E-state index contributed by atoms with van der Waals surface area (Å²) in [5, 5.41) is 2.85. The average molecular weight is 284 g/mol. The lowest BCUT2D eigenvalue weighted by Crippen LogP contribution is -2.48. The number of likely N-dealkylation sites (N-methyl/N-ethyl adjacent to an activating group) is 1. The van der Waals surface area contributed by atoms with Crippen molar-refractivity contribution in [2.75, 3.05) is 13.6 Å². The van der Waals surface area contributed by atoms with Crippen LogP contribution in [-0.4, -0.2) is 47.9 Å². The molecule has 1 saturated heterocycles. The molecule has 0 spiro atoms. The molecule has 0 aromatic heterocycles. The molecule has 0 aliphatic carbocycles. The van der Waals surface area contributed by atoms with Crippen LogP contribution in [-0.2, 0) is 19.1 Å². The van der Waals surface area contributed by atoms with E-state index >= 15 is 0 Å². The maximum absolute atomic E-state index is 11.7. The SMILES string of the molecule is CN1CC(NC(=O)CCC(=O)OC(C)(C)C)CCC1=O. The largest absolute Gasteiger partial charge is 0.460 e. The van der Waals surface area contributed by atoms with E-state index in [1.165, 1.54) is 0 Å². The summed E-state index contributed by atoms with van der Waals surface area (Å²) in [7, 11) is 1.72. The van der Waals surface area contributed by atoms with Crippen molar-refractivity contribution >= 4 is 17.8 Å². The molecule has 0 aromatic carbocycles. The first-order valence-electron chi connectivity index (χ1n) is 6.92. The molecule has 0 saturated carbocycles. The lowest BCUT2D eigenvalue weighted by Gasteiger charge is -2.30. The molecule has 1 aliphatic heterocycles. The van der Waals surface area contributed by atoms with Gasteiger partial charge in [0.25, 0.3) is 0 Å². The molecule has 1 unspecified atom stereocenters. The van der Waals surface area contributed by atoms with Gasteiger partial charge in [-0.1, -0.05) is 0 Å². The molecule has 6 heteroatoms. The van der Waals surface area contributed by atoms with E-state index in [0.717, 1.165) is 0 Å².